The van der Waals surface area contributed by atoms with Crippen molar-refractivity contribution in [3.8, 4) is 17.6 Å². The van der Waals surface area contributed by atoms with Gasteiger partial charge in [0.1, 0.15) is 17.1 Å². The van der Waals surface area contributed by atoms with Gasteiger partial charge in [-0.1, -0.05) is 12.1 Å². The Balaban J connectivity index is 1.40. The molecular formula is C25H29N3O3. The summed E-state index contributed by atoms with van der Waals surface area (Å²) in [5, 5.41) is 12.1. The zero-order valence-corrected chi connectivity index (χ0v) is 18.2. The lowest BCUT2D eigenvalue weighted by atomic mass is 9.80. The molecule has 31 heavy (non-hydrogen) atoms. The summed E-state index contributed by atoms with van der Waals surface area (Å²) in [5.41, 5.74) is 2.69. The molecule has 2 aliphatic rings. The van der Waals surface area contributed by atoms with E-state index in [1.54, 1.807) is 14.0 Å². The van der Waals surface area contributed by atoms with Crippen molar-refractivity contribution >= 4 is 5.91 Å². The second-order valence-electron chi connectivity index (χ2n) is 8.55. The molecule has 0 aromatic heterocycles. The second-order valence-corrected chi connectivity index (χ2v) is 8.55. The number of hydrogen-bond acceptors (Lipinski definition) is 5. The molecule has 1 saturated heterocycles. The minimum Gasteiger partial charge on any atom is -0.497 e. The van der Waals surface area contributed by atoms with Gasteiger partial charge in [-0.15, -0.1) is 0 Å². The summed E-state index contributed by atoms with van der Waals surface area (Å²) >= 11 is 0. The van der Waals surface area contributed by atoms with E-state index in [2.05, 4.69) is 16.3 Å². The average Bonchev–Trinajstić information content (AvgIpc) is 2.78. The van der Waals surface area contributed by atoms with Crippen LogP contribution in [0.5, 0.6) is 11.5 Å². The Morgan fingerprint density at radius 1 is 1.26 bits per heavy atom. The summed E-state index contributed by atoms with van der Waals surface area (Å²) in [5.74, 6) is 1.58. The van der Waals surface area contributed by atoms with Crippen molar-refractivity contribution in [1.29, 1.82) is 5.26 Å². The number of fused-ring (bicyclic) bond motifs is 1. The van der Waals surface area contributed by atoms with Gasteiger partial charge in [-0.3, -0.25) is 4.79 Å². The number of nitrogens with zero attached hydrogens (tertiary/aromatic N) is 2. The van der Waals surface area contributed by atoms with Crippen LogP contribution in [0.4, 0.5) is 0 Å². The lowest BCUT2D eigenvalue weighted by molar-refractivity contribution is -0.120. The quantitative estimate of drug-likeness (QED) is 0.802. The van der Waals surface area contributed by atoms with Crippen molar-refractivity contribution in [1.82, 2.24) is 10.2 Å². The van der Waals surface area contributed by atoms with Crippen molar-refractivity contribution in [2.75, 3.05) is 26.7 Å². The van der Waals surface area contributed by atoms with Crippen LogP contribution in [-0.4, -0.2) is 43.2 Å². The van der Waals surface area contributed by atoms with E-state index in [-0.39, 0.29) is 17.6 Å². The highest BCUT2D eigenvalue weighted by atomic mass is 16.5. The fourth-order valence-corrected chi connectivity index (χ4v) is 4.67. The summed E-state index contributed by atoms with van der Waals surface area (Å²) in [7, 11) is 1.65. The molecule has 6 nitrogen and oxygen atoms in total. The molecule has 162 valence electrons. The van der Waals surface area contributed by atoms with Gasteiger partial charge < -0.3 is 19.7 Å². The minimum atomic E-state index is -0.250. The number of likely N-dealkylation sites (tertiary alicyclic amines) is 1. The monoisotopic (exact) mass is 419 g/mol. The zero-order valence-electron chi connectivity index (χ0n) is 18.2. The maximum absolute atomic E-state index is 11.9. The Morgan fingerprint density at radius 3 is 2.65 bits per heavy atom. The van der Waals surface area contributed by atoms with Gasteiger partial charge in [0.25, 0.3) is 0 Å². The van der Waals surface area contributed by atoms with Crippen LogP contribution in [0.25, 0.3) is 0 Å². The lowest BCUT2D eigenvalue weighted by Crippen LogP contribution is -2.52. The highest BCUT2D eigenvalue weighted by Crippen LogP contribution is 2.45. The first-order valence-corrected chi connectivity index (χ1v) is 10.9. The van der Waals surface area contributed by atoms with E-state index >= 15 is 0 Å². The normalized spacial score (nSPS) is 19.7. The zero-order chi connectivity index (χ0) is 21.8. The van der Waals surface area contributed by atoms with E-state index in [9.17, 15) is 4.79 Å². The molecule has 0 aliphatic carbocycles. The highest BCUT2D eigenvalue weighted by Gasteiger charge is 2.43. The number of nitriles is 1. The molecule has 6 heteroatoms. The largest absolute Gasteiger partial charge is 0.497 e. The number of rotatable bonds is 5. The van der Waals surface area contributed by atoms with Crippen LogP contribution in [0, 0.1) is 11.3 Å². The number of piperidine rings is 1. The predicted molar refractivity (Wildman–Crippen MR) is 118 cm³/mol. The Hall–Kier alpha value is -3.04. The summed E-state index contributed by atoms with van der Waals surface area (Å²) in [6.07, 6.45) is 3.61. The smallest absolute Gasteiger partial charge is 0.217 e. The first kappa shape index (κ1) is 21.2. The molecule has 1 unspecified atom stereocenters. The van der Waals surface area contributed by atoms with Crippen molar-refractivity contribution in [2.45, 2.75) is 44.2 Å². The highest BCUT2D eigenvalue weighted by molar-refractivity contribution is 5.73. The molecule has 1 spiro atoms. The average molecular weight is 420 g/mol. The Morgan fingerprint density at radius 2 is 2.00 bits per heavy atom. The molecule has 2 heterocycles. The van der Waals surface area contributed by atoms with Crippen molar-refractivity contribution in [3.63, 3.8) is 0 Å². The third kappa shape index (κ3) is 4.83. The van der Waals surface area contributed by atoms with Crippen LogP contribution in [0.3, 0.4) is 0 Å². The maximum atomic E-state index is 11.9. The summed E-state index contributed by atoms with van der Waals surface area (Å²) in [6, 6.07) is 15.8. The fourth-order valence-electron chi connectivity index (χ4n) is 4.67. The molecule has 2 aromatic carbocycles. The van der Waals surface area contributed by atoms with Gasteiger partial charge >= 0.3 is 0 Å². The summed E-state index contributed by atoms with van der Waals surface area (Å²) in [4.78, 5) is 14.3. The summed E-state index contributed by atoms with van der Waals surface area (Å²) < 4.78 is 11.9. The number of benzene rings is 2. The number of methoxy groups -OCH3 is 1. The van der Waals surface area contributed by atoms with Gasteiger partial charge in [0.05, 0.1) is 24.8 Å². The molecule has 4 rings (SSSR count). The molecule has 2 aliphatic heterocycles. The molecule has 2 aromatic rings. The third-order valence-corrected chi connectivity index (χ3v) is 6.44. The molecule has 1 fully saturated rings. The van der Waals surface area contributed by atoms with E-state index < -0.39 is 0 Å². The minimum absolute atomic E-state index is 0.0318. The van der Waals surface area contributed by atoms with Gasteiger partial charge in [0, 0.05) is 38.5 Å². The van der Waals surface area contributed by atoms with E-state index in [1.165, 1.54) is 5.56 Å². The third-order valence-electron chi connectivity index (χ3n) is 6.44. The van der Waals surface area contributed by atoms with E-state index in [4.69, 9.17) is 14.7 Å². The first-order chi connectivity index (χ1) is 15.0. The predicted octanol–water partition coefficient (Wildman–Crippen LogP) is 3.60. The van der Waals surface area contributed by atoms with Gasteiger partial charge in [-0.2, -0.15) is 5.26 Å². The Kier molecular flexibility index (Phi) is 6.15. The molecule has 1 amide bonds. The molecule has 1 N–H and O–H groups in total. The van der Waals surface area contributed by atoms with E-state index in [1.807, 2.05) is 42.5 Å². The topological polar surface area (TPSA) is 74.6 Å². The first-order valence-electron chi connectivity index (χ1n) is 10.9. The van der Waals surface area contributed by atoms with E-state index in [0.717, 1.165) is 62.4 Å². The second kappa shape index (κ2) is 8.99. The van der Waals surface area contributed by atoms with Gasteiger partial charge in [-0.25, -0.2) is 0 Å². The van der Waals surface area contributed by atoms with Crippen molar-refractivity contribution < 1.29 is 14.3 Å². The molecule has 0 radical (unpaired) electrons. The molecule has 1 atom stereocenters. The number of carbonyl (C=O) groups excluding carboxylic acids is 1. The number of hydrogen-bond donors (Lipinski definition) is 1. The van der Waals surface area contributed by atoms with Crippen molar-refractivity contribution in [3.05, 3.63) is 59.2 Å². The van der Waals surface area contributed by atoms with Gasteiger partial charge in [0.2, 0.25) is 5.91 Å². The number of amides is 1. The Labute approximate surface area is 183 Å². The lowest BCUT2D eigenvalue weighted by Gasteiger charge is -2.47. The fraction of sp³-hybridized carbons (Fsp3) is 0.440. The van der Waals surface area contributed by atoms with Crippen LogP contribution in [0.15, 0.2) is 42.5 Å². The molecule has 0 saturated carbocycles. The van der Waals surface area contributed by atoms with Crippen molar-refractivity contribution in [2.24, 2.45) is 0 Å². The standard InChI is InChI=1S/C25H29N3O3/c1-18(29)27-23-16-25(31-24-8-7-21(30-2)15-22(23)24)10-13-28(14-11-25)12-9-19-3-5-20(17-26)6-4-19/h3-8,15,23H,9-14,16H2,1-2H3,(H,27,29). The van der Waals surface area contributed by atoms with Crippen LogP contribution in [0.1, 0.15) is 48.9 Å². The van der Waals surface area contributed by atoms with Crippen LogP contribution >= 0.6 is 0 Å². The number of nitrogens with one attached hydrogen (secondary N) is 1. The van der Waals surface area contributed by atoms with Gasteiger partial charge in [-0.05, 0) is 55.2 Å². The summed E-state index contributed by atoms with van der Waals surface area (Å²) in [6.45, 7) is 4.49. The maximum Gasteiger partial charge on any atom is 0.217 e. The van der Waals surface area contributed by atoms with Crippen LogP contribution < -0.4 is 14.8 Å². The van der Waals surface area contributed by atoms with Gasteiger partial charge in [0.15, 0.2) is 0 Å². The Bertz CT molecular complexity index is 972. The molecular weight excluding hydrogens is 390 g/mol. The molecule has 0 bridgehead atoms. The van der Waals surface area contributed by atoms with Crippen LogP contribution in [0.2, 0.25) is 0 Å². The number of ether oxygens (including phenoxy) is 2. The van der Waals surface area contributed by atoms with E-state index in [0.29, 0.717) is 5.56 Å². The van der Waals surface area contributed by atoms with Crippen LogP contribution in [-0.2, 0) is 11.2 Å². The number of carbonyl (C=O) groups is 1. The SMILES string of the molecule is COc1ccc2c(c1)C(NC(C)=O)CC1(CCN(CCc3ccc(C#N)cc3)CC1)O2.